The van der Waals surface area contributed by atoms with Crippen molar-refractivity contribution in [2.24, 2.45) is 0 Å². The van der Waals surface area contributed by atoms with Crippen LogP contribution < -0.4 is 10.1 Å². The number of halogens is 4. The van der Waals surface area contributed by atoms with Crippen molar-refractivity contribution in [3.63, 3.8) is 0 Å². The second-order valence-corrected chi connectivity index (χ2v) is 5.34. The second kappa shape index (κ2) is 6.22. The van der Waals surface area contributed by atoms with Crippen molar-refractivity contribution >= 4 is 11.6 Å². The van der Waals surface area contributed by atoms with Crippen LogP contribution in [0.2, 0.25) is 5.02 Å². The number of ether oxygens (including phenoxy) is 1. The molecule has 1 unspecified atom stereocenters. The molecule has 0 aliphatic carbocycles. The number of nitrogens with one attached hydrogen (secondary N) is 1. The molecule has 0 bridgehead atoms. The van der Waals surface area contributed by atoms with Crippen molar-refractivity contribution < 1.29 is 17.9 Å². The highest BCUT2D eigenvalue weighted by Crippen LogP contribution is 2.35. The first kappa shape index (κ1) is 15.4. The first-order valence-electron chi connectivity index (χ1n) is 6.66. The van der Waals surface area contributed by atoms with Crippen LogP contribution in [0.4, 0.5) is 13.2 Å². The minimum atomic E-state index is -4.29. The van der Waals surface area contributed by atoms with Gasteiger partial charge in [-0.05, 0) is 36.2 Å². The monoisotopic (exact) mass is 307 g/mol. The Labute approximate surface area is 121 Å². The lowest BCUT2D eigenvalue weighted by atomic mass is 10.0. The van der Waals surface area contributed by atoms with Crippen LogP contribution in [-0.4, -0.2) is 25.4 Å². The molecule has 1 aromatic carbocycles. The predicted molar refractivity (Wildman–Crippen MR) is 72.5 cm³/mol. The van der Waals surface area contributed by atoms with E-state index in [1.807, 2.05) is 6.92 Å². The molecule has 1 atom stereocenters. The topological polar surface area (TPSA) is 21.3 Å². The summed E-state index contributed by atoms with van der Waals surface area (Å²) in [6, 6.07) is 1.75. The maximum atomic E-state index is 13.0. The van der Waals surface area contributed by atoms with Crippen LogP contribution in [0.1, 0.15) is 24.5 Å². The smallest absolute Gasteiger partial charge is 0.404 e. The third-order valence-corrected chi connectivity index (χ3v) is 3.50. The first-order valence-corrected chi connectivity index (χ1v) is 7.03. The fraction of sp³-hybridized carbons (Fsp3) is 0.571. The minimum absolute atomic E-state index is 0.160. The summed E-state index contributed by atoms with van der Waals surface area (Å²) in [7, 11) is 0. The molecule has 0 amide bonds. The molecule has 112 valence electrons. The van der Waals surface area contributed by atoms with Gasteiger partial charge in [0, 0.05) is 17.9 Å². The van der Waals surface area contributed by atoms with E-state index in [1.165, 1.54) is 0 Å². The van der Waals surface area contributed by atoms with E-state index in [0.717, 1.165) is 5.56 Å². The Morgan fingerprint density at radius 3 is 2.80 bits per heavy atom. The van der Waals surface area contributed by atoms with Crippen LogP contribution in [0.5, 0.6) is 5.75 Å². The number of benzene rings is 1. The molecule has 2 rings (SSSR count). The third-order valence-electron chi connectivity index (χ3n) is 3.29. The average molecular weight is 308 g/mol. The van der Waals surface area contributed by atoms with Gasteiger partial charge < -0.3 is 10.1 Å². The lowest BCUT2D eigenvalue weighted by Crippen LogP contribution is -2.44. The Morgan fingerprint density at radius 1 is 1.40 bits per heavy atom. The van der Waals surface area contributed by atoms with Crippen molar-refractivity contribution in [1.29, 1.82) is 0 Å². The molecule has 1 aromatic rings. The van der Waals surface area contributed by atoms with Gasteiger partial charge >= 0.3 is 6.18 Å². The van der Waals surface area contributed by atoms with E-state index in [9.17, 15) is 13.2 Å². The predicted octanol–water partition coefficient (Wildman–Crippen LogP) is 3.75. The number of hydrogen-bond acceptors (Lipinski definition) is 2. The Hall–Kier alpha value is -0.940. The molecule has 2 nitrogen and oxygen atoms in total. The van der Waals surface area contributed by atoms with Gasteiger partial charge in [0.1, 0.15) is 11.8 Å². The molecule has 1 aliphatic rings. The molecule has 1 N–H and O–H groups in total. The Kier molecular flexibility index (Phi) is 4.81. The summed E-state index contributed by atoms with van der Waals surface area (Å²) in [6.07, 6.45) is -3.10. The van der Waals surface area contributed by atoms with Crippen LogP contribution >= 0.6 is 11.6 Å². The average Bonchev–Trinajstić information content (AvgIpc) is 2.80. The lowest BCUT2D eigenvalue weighted by molar-refractivity contribution is -0.155. The van der Waals surface area contributed by atoms with Gasteiger partial charge in [-0.3, -0.25) is 0 Å². The van der Waals surface area contributed by atoms with Crippen molar-refractivity contribution in [2.45, 2.75) is 38.4 Å². The van der Waals surface area contributed by atoms with Crippen molar-refractivity contribution in [3.05, 3.63) is 28.3 Å². The fourth-order valence-corrected chi connectivity index (χ4v) is 2.60. The molecule has 1 heterocycles. The second-order valence-electron chi connectivity index (χ2n) is 4.90. The molecule has 1 aliphatic heterocycles. The normalized spacial score (nSPS) is 15.8. The van der Waals surface area contributed by atoms with Gasteiger partial charge in [-0.2, -0.15) is 13.2 Å². The molecule has 6 heteroatoms. The van der Waals surface area contributed by atoms with Gasteiger partial charge in [-0.25, -0.2) is 0 Å². The maximum absolute atomic E-state index is 13.0. The highest BCUT2D eigenvalue weighted by atomic mass is 35.5. The fourth-order valence-electron chi connectivity index (χ4n) is 2.34. The summed E-state index contributed by atoms with van der Waals surface area (Å²) in [6.45, 7) is 2.66. The van der Waals surface area contributed by atoms with E-state index >= 15 is 0 Å². The molecular weight excluding hydrogens is 291 g/mol. The molecular formula is C14H17ClF3NO. The molecule has 0 saturated heterocycles. The highest BCUT2D eigenvalue weighted by Gasteiger charge is 2.39. The van der Waals surface area contributed by atoms with Crippen molar-refractivity contribution in [1.82, 2.24) is 5.32 Å². The highest BCUT2D eigenvalue weighted by molar-refractivity contribution is 6.30. The zero-order valence-electron chi connectivity index (χ0n) is 11.2. The lowest BCUT2D eigenvalue weighted by Gasteiger charge is -2.22. The van der Waals surface area contributed by atoms with Crippen LogP contribution in [0, 0.1) is 0 Å². The third kappa shape index (κ3) is 3.58. The van der Waals surface area contributed by atoms with E-state index in [-0.39, 0.29) is 6.42 Å². The van der Waals surface area contributed by atoms with Crippen LogP contribution in [0.3, 0.4) is 0 Å². The molecule has 0 spiro atoms. The number of hydrogen-bond donors (Lipinski definition) is 1. The zero-order chi connectivity index (χ0) is 14.8. The summed E-state index contributed by atoms with van der Waals surface area (Å²) < 4.78 is 44.6. The molecule has 0 fully saturated rings. The van der Waals surface area contributed by atoms with Gasteiger partial charge in [-0.15, -0.1) is 0 Å². The molecule has 0 saturated carbocycles. The largest absolute Gasteiger partial charge is 0.493 e. The van der Waals surface area contributed by atoms with E-state index < -0.39 is 12.2 Å². The van der Waals surface area contributed by atoms with Gasteiger partial charge in [0.25, 0.3) is 0 Å². The number of alkyl halides is 3. The van der Waals surface area contributed by atoms with Crippen LogP contribution in [0.15, 0.2) is 12.1 Å². The quantitative estimate of drug-likeness (QED) is 0.894. The first-order chi connectivity index (χ1) is 9.41. The number of rotatable bonds is 5. The SMILES string of the molecule is CCCNC(Cc1cc(Cl)cc2c1OCC2)C(F)(F)F. The molecule has 0 radical (unpaired) electrons. The van der Waals surface area contributed by atoms with E-state index in [4.69, 9.17) is 16.3 Å². The molecule has 0 aromatic heterocycles. The van der Waals surface area contributed by atoms with Crippen molar-refractivity contribution in [2.75, 3.05) is 13.2 Å². The van der Waals surface area contributed by atoms with Gasteiger partial charge in [0.15, 0.2) is 0 Å². The molecule has 20 heavy (non-hydrogen) atoms. The van der Waals surface area contributed by atoms with Crippen LogP contribution in [-0.2, 0) is 12.8 Å². The van der Waals surface area contributed by atoms with Crippen molar-refractivity contribution in [3.8, 4) is 5.75 Å². The van der Waals surface area contributed by atoms with Gasteiger partial charge in [0.2, 0.25) is 0 Å². The zero-order valence-corrected chi connectivity index (χ0v) is 11.9. The summed E-state index contributed by atoms with van der Waals surface area (Å²) in [4.78, 5) is 0. The van der Waals surface area contributed by atoms with Gasteiger partial charge in [-0.1, -0.05) is 18.5 Å². The van der Waals surface area contributed by atoms with Crippen LogP contribution in [0.25, 0.3) is 0 Å². The van der Waals surface area contributed by atoms with E-state index in [0.29, 0.717) is 42.3 Å². The Morgan fingerprint density at radius 2 is 2.15 bits per heavy atom. The Bertz CT molecular complexity index is 476. The number of fused-ring (bicyclic) bond motifs is 1. The van der Waals surface area contributed by atoms with E-state index in [1.54, 1.807) is 12.1 Å². The summed E-state index contributed by atoms with van der Waals surface area (Å²) in [5.41, 5.74) is 1.42. The van der Waals surface area contributed by atoms with Gasteiger partial charge in [0.05, 0.1) is 6.61 Å². The minimum Gasteiger partial charge on any atom is -0.493 e. The maximum Gasteiger partial charge on any atom is 0.404 e. The van der Waals surface area contributed by atoms with E-state index in [2.05, 4.69) is 5.32 Å². The summed E-state index contributed by atoms with van der Waals surface area (Å²) in [5.74, 6) is 0.571. The standard InChI is InChI=1S/C14H17ClF3NO/c1-2-4-19-12(14(16,17)18)8-10-7-11(15)6-9-3-5-20-13(9)10/h6-7,12,19H,2-5,8H2,1H3. The summed E-state index contributed by atoms with van der Waals surface area (Å²) >= 11 is 5.97. The summed E-state index contributed by atoms with van der Waals surface area (Å²) in [5, 5.41) is 3.00. The Balaban J connectivity index is 2.22.